The molecule has 0 bridgehead atoms. The summed E-state index contributed by atoms with van der Waals surface area (Å²) in [5.74, 6) is 0.591. The second-order valence-electron chi connectivity index (χ2n) is 4.56. The zero-order chi connectivity index (χ0) is 12.2. The number of hydrogen-bond acceptors (Lipinski definition) is 5. The number of piperidine rings is 1. The van der Waals surface area contributed by atoms with Crippen molar-refractivity contribution in [3.8, 4) is 5.88 Å². The third kappa shape index (κ3) is 2.43. The fraction of sp³-hybridized carbons (Fsp3) is 0.583. The fourth-order valence-electron chi connectivity index (χ4n) is 2.32. The van der Waals surface area contributed by atoms with Crippen molar-refractivity contribution in [3.63, 3.8) is 0 Å². The maximum Gasteiger partial charge on any atom is 0.243 e. The van der Waals surface area contributed by atoms with E-state index in [1.165, 1.54) is 25.6 Å². The molecule has 1 saturated heterocycles. The third-order valence-corrected chi connectivity index (χ3v) is 3.31. The van der Waals surface area contributed by atoms with Crippen LogP contribution in [0.2, 0.25) is 0 Å². The molecular formula is C12H17N5O. The highest BCUT2D eigenvalue weighted by Crippen LogP contribution is 2.17. The van der Waals surface area contributed by atoms with Gasteiger partial charge in [-0.15, -0.1) is 0 Å². The van der Waals surface area contributed by atoms with Crippen LogP contribution in [-0.2, 0) is 0 Å². The van der Waals surface area contributed by atoms with E-state index in [0.29, 0.717) is 24.2 Å². The first kappa shape index (κ1) is 11.4. The number of H-pyrrole nitrogens is 1. The summed E-state index contributed by atoms with van der Waals surface area (Å²) in [6, 6.07) is 0.581. The van der Waals surface area contributed by atoms with Gasteiger partial charge >= 0.3 is 0 Å². The quantitative estimate of drug-likeness (QED) is 0.850. The molecule has 2 aromatic heterocycles. The molecule has 1 aliphatic rings. The lowest BCUT2D eigenvalue weighted by Gasteiger charge is -2.23. The Morgan fingerprint density at radius 1 is 1.28 bits per heavy atom. The van der Waals surface area contributed by atoms with Gasteiger partial charge < -0.3 is 15.0 Å². The molecule has 2 N–H and O–H groups in total. The van der Waals surface area contributed by atoms with Crippen molar-refractivity contribution >= 4 is 11.2 Å². The number of aromatic nitrogens is 4. The van der Waals surface area contributed by atoms with Crippen molar-refractivity contribution in [2.75, 3.05) is 13.2 Å². The van der Waals surface area contributed by atoms with Gasteiger partial charge in [-0.05, 0) is 25.8 Å². The van der Waals surface area contributed by atoms with E-state index in [1.807, 2.05) is 0 Å². The normalized spacial score (nSPS) is 20.1. The lowest BCUT2D eigenvalue weighted by atomic mass is 10.0. The second-order valence-corrected chi connectivity index (χ2v) is 4.56. The average molecular weight is 247 g/mol. The number of fused-ring (bicyclic) bond motifs is 1. The summed E-state index contributed by atoms with van der Waals surface area (Å²) in [6.45, 7) is 1.80. The molecule has 0 aromatic carbocycles. The molecule has 96 valence electrons. The second kappa shape index (κ2) is 5.30. The van der Waals surface area contributed by atoms with Gasteiger partial charge in [0.2, 0.25) is 5.88 Å². The molecule has 1 unspecified atom stereocenters. The minimum absolute atomic E-state index is 0.581. The molecular weight excluding hydrogens is 230 g/mol. The van der Waals surface area contributed by atoms with Crippen LogP contribution < -0.4 is 10.1 Å². The minimum Gasteiger partial charge on any atom is -0.476 e. The maximum atomic E-state index is 5.72. The van der Waals surface area contributed by atoms with Gasteiger partial charge in [0.1, 0.15) is 11.8 Å². The Labute approximate surface area is 105 Å². The Morgan fingerprint density at radius 2 is 2.28 bits per heavy atom. The molecule has 3 heterocycles. The Hall–Kier alpha value is -1.69. The van der Waals surface area contributed by atoms with E-state index in [4.69, 9.17) is 4.74 Å². The predicted octanol–water partition coefficient (Wildman–Crippen LogP) is 1.26. The summed E-state index contributed by atoms with van der Waals surface area (Å²) in [6.07, 6.45) is 7.95. The summed E-state index contributed by atoms with van der Waals surface area (Å²) in [5.41, 5.74) is 1.42. The van der Waals surface area contributed by atoms with Crippen LogP contribution in [0.4, 0.5) is 0 Å². The van der Waals surface area contributed by atoms with E-state index >= 15 is 0 Å². The first-order chi connectivity index (χ1) is 8.93. The number of imidazole rings is 1. The van der Waals surface area contributed by atoms with Crippen molar-refractivity contribution in [1.29, 1.82) is 0 Å². The van der Waals surface area contributed by atoms with Gasteiger partial charge in [-0.25, -0.2) is 9.97 Å². The third-order valence-electron chi connectivity index (χ3n) is 3.31. The molecule has 0 aliphatic carbocycles. The van der Waals surface area contributed by atoms with E-state index in [9.17, 15) is 0 Å². The van der Waals surface area contributed by atoms with Crippen molar-refractivity contribution in [2.24, 2.45) is 0 Å². The molecule has 0 saturated carbocycles. The summed E-state index contributed by atoms with van der Waals surface area (Å²) in [7, 11) is 0. The highest BCUT2D eigenvalue weighted by atomic mass is 16.5. The molecule has 6 heteroatoms. The monoisotopic (exact) mass is 247 g/mol. The molecule has 2 aromatic rings. The first-order valence-corrected chi connectivity index (χ1v) is 6.44. The van der Waals surface area contributed by atoms with Crippen molar-refractivity contribution in [1.82, 2.24) is 25.3 Å². The Morgan fingerprint density at radius 3 is 3.17 bits per heavy atom. The maximum absolute atomic E-state index is 5.72. The van der Waals surface area contributed by atoms with Gasteiger partial charge in [-0.2, -0.15) is 4.98 Å². The van der Waals surface area contributed by atoms with Crippen LogP contribution in [0, 0.1) is 0 Å². The van der Waals surface area contributed by atoms with Gasteiger partial charge in [0.15, 0.2) is 5.65 Å². The summed E-state index contributed by atoms with van der Waals surface area (Å²) in [5, 5.41) is 3.50. The van der Waals surface area contributed by atoms with Crippen molar-refractivity contribution < 1.29 is 4.74 Å². The molecule has 0 spiro atoms. The van der Waals surface area contributed by atoms with Gasteiger partial charge in [0.05, 0.1) is 12.9 Å². The van der Waals surface area contributed by atoms with Gasteiger partial charge in [-0.1, -0.05) is 6.42 Å². The van der Waals surface area contributed by atoms with Crippen LogP contribution in [0.1, 0.15) is 25.7 Å². The van der Waals surface area contributed by atoms with Gasteiger partial charge in [-0.3, -0.25) is 0 Å². The van der Waals surface area contributed by atoms with Gasteiger partial charge in [0, 0.05) is 6.04 Å². The lowest BCUT2D eigenvalue weighted by molar-refractivity contribution is 0.262. The number of rotatable bonds is 4. The molecule has 18 heavy (non-hydrogen) atoms. The van der Waals surface area contributed by atoms with E-state index in [-0.39, 0.29) is 0 Å². The standard InChI is InChI=1S/C12H17N5O/c1-2-5-13-9(3-1)4-6-18-12-10-11(15-7-14-10)16-8-17-12/h7-9,13H,1-6H2,(H,14,15,16,17). The topological polar surface area (TPSA) is 75.7 Å². The number of hydrogen-bond donors (Lipinski definition) is 2. The zero-order valence-corrected chi connectivity index (χ0v) is 10.2. The molecule has 1 atom stereocenters. The lowest BCUT2D eigenvalue weighted by Crippen LogP contribution is -2.35. The highest BCUT2D eigenvalue weighted by Gasteiger charge is 2.13. The van der Waals surface area contributed by atoms with Crippen molar-refractivity contribution in [2.45, 2.75) is 31.7 Å². The van der Waals surface area contributed by atoms with Crippen LogP contribution in [0.3, 0.4) is 0 Å². The Kier molecular flexibility index (Phi) is 3.36. The van der Waals surface area contributed by atoms with Crippen LogP contribution in [0.25, 0.3) is 11.2 Å². The minimum atomic E-state index is 0.581. The molecule has 3 rings (SSSR count). The molecule has 0 amide bonds. The number of nitrogens with one attached hydrogen (secondary N) is 2. The van der Waals surface area contributed by atoms with E-state index in [2.05, 4.69) is 25.3 Å². The summed E-state index contributed by atoms with van der Waals surface area (Å²) in [4.78, 5) is 15.3. The summed E-state index contributed by atoms with van der Waals surface area (Å²) < 4.78 is 5.72. The zero-order valence-electron chi connectivity index (χ0n) is 10.2. The van der Waals surface area contributed by atoms with Crippen molar-refractivity contribution in [3.05, 3.63) is 12.7 Å². The molecule has 1 fully saturated rings. The van der Waals surface area contributed by atoms with E-state index < -0.39 is 0 Å². The fourth-order valence-corrected chi connectivity index (χ4v) is 2.32. The predicted molar refractivity (Wildman–Crippen MR) is 67.4 cm³/mol. The number of nitrogens with zero attached hydrogens (tertiary/aromatic N) is 3. The van der Waals surface area contributed by atoms with E-state index in [0.717, 1.165) is 18.5 Å². The first-order valence-electron chi connectivity index (χ1n) is 6.44. The van der Waals surface area contributed by atoms with Crippen LogP contribution in [-0.4, -0.2) is 39.1 Å². The van der Waals surface area contributed by atoms with Crippen LogP contribution >= 0.6 is 0 Å². The molecule has 1 aliphatic heterocycles. The number of ether oxygens (including phenoxy) is 1. The van der Waals surface area contributed by atoms with E-state index in [1.54, 1.807) is 6.33 Å². The Bertz CT molecular complexity index is 506. The summed E-state index contributed by atoms with van der Waals surface area (Å²) >= 11 is 0. The molecule has 6 nitrogen and oxygen atoms in total. The number of aromatic amines is 1. The van der Waals surface area contributed by atoms with Gasteiger partial charge in [0.25, 0.3) is 0 Å². The Balaban J connectivity index is 1.57. The van der Waals surface area contributed by atoms with Crippen LogP contribution in [0.15, 0.2) is 12.7 Å². The molecule has 0 radical (unpaired) electrons. The highest BCUT2D eigenvalue weighted by molar-refractivity contribution is 5.74. The largest absolute Gasteiger partial charge is 0.476 e. The SMILES string of the molecule is c1nc(OCCC2CCCCN2)c2[nH]cnc2n1. The average Bonchev–Trinajstić information content (AvgIpc) is 2.89. The van der Waals surface area contributed by atoms with Crippen LogP contribution in [0.5, 0.6) is 5.88 Å². The smallest absolute Gasteiger partial charge is 0.243 e.